The molecule has 0 heterocycles. The molecule has 30 heavy (non-hydrogen) atoms. The highest BCUT2D eigenvalue weighted by molar-refractivity contribution is 5.97. The van der Waals surface area contributed by atoms with E-state index in [1.165, 1.54) is 27.5 Å². The van der Waals surface area contributed by atoms with Crippen LogP contribution in [0.3, 0.4) is 0 Å². The topological polar surface area (TPSA) is 17.1 Å². The highest BCUT2D eigenvalue weighted by atomic mass is 16.1. The second-order valence-electron chi connectivity index (χ2n) is 7.47. The van der Waals surface area contributed by atoms with Crippen molar-refractivity contribution >= 4 is 39.5 Å². The molecule has 0 atom stereocenters. The fraction of sp³-hybridized carbons (Fsp3) is 0. The summed E-state index contributed by atoms with van der Waals surface area (Å²) in [4.78, 5) is 11.1. The Morgan fingerprint density at radius 3 is 1.87 bits per heavy atom. The van der Waals surface area contributed by atoms with Crippen LogP contribution in [0.25, 0.3) is 33.2 Å². The van der Waals surface area contributed by atoms with Gasteiger partial charge < -0.3 is 0 Å². The molecule has 1 heteroatoms. The molecular formula is C29H20O. The Morgan fingerprint density at radius 1 is 0.500 bits per heavy atom. The average Bonchev–Trinajstić information content (AvgIpc) is 2.82. The van der Waals surface area contributed by atoms with E-state index in [2.05, 4.69) is 91.0 Å². The molecule has 0 aromatic heterocycles. The molecule has 0 aliphatic heterocycles. The fourth-order valence-corrected chi connectivity index (χ4v) is 3.92. The third kappa shape index (κ3) is 3.54. The first-order valence-corrected chi connectivity index (χ1v) is 10.1. The van der Waals surface area contributed by atoms with Crippen molar-refractivity contribution in [2.24, 2.45) is 0 Å². The average molecular weight is 384 g/mol. The van der Waals surface area contributed by atoms with Gasteiger partial charge in [-0.15, -0.1) is 0 Å². The standard InChI is InChI=1S/C29H20O/c30-20-22-11-13-26-16-21(10-12-27(26)17-22)18-29(24-7-2-1-3-8-24)28-15-14-23-6-4-5-9-25(23)19-28/h1-20H. The molecule has 5 aromatic rings. The van der Waals surface area contributed by atoms with Gasteiger partial charge in [0.1, 0.15) is 6.29 Å². The van der Waals surface area contributed by atoms with Gasteiger partial charge in [-0.05, 0) is 68.1 Å². The first-order chi connectivity index (χ1) is 14.8. The molecule has 0 bridgehead atoms. The number of hydrogen-bond donors (Lipinski definition) is 0. The lowest BCUT2D eigenvalue weighted by molar-refractivity contribution is 0.112. The first-order valence-electron chi connectivity index (χ1n) is 10.1. The highest BCUT2D eigenvalue weighted by Crippen LogP contribution is 2.29. The van der Waals surface area contributed by atoms with Crippen molar-refractivity contribution in [2.75, 3.05) is 0 Å². The summed E-state index contributed by atoms with van der Waals surface area (Å²) in [5.41, 5.74) is 5.39. The zero-order chi connectivity index (χ0) is 20.3. The molecule has 0 aliphatic carbocycles. The lowest BCUT2D eigenvalue weighted by Gasteiger charge is -2.11. The molecule has 5 aromatic carbocycles. The summed E-state index contributed by atoms with van der Waals surface area (Å²) < 4.78 is 0. The third-order valence-electron chi connectivity index (χ3n) is 5.48. The predicted octanol–water partition coefficient (Wildman–Crippen LogP) is 7.39. The normalized spacial score (nSPS) is 11.7. The minimum absolute atomic E-state index is 0.701. The summed E-state index contributed by atoms with van der Waals surface area (Å²) in [5, 5.41) is 4.67. The quantitative estimate of drug-likeness (QED) is 0.233. The van der Waals surface area contributed by atoms with E-state index in [1.54, 1.807) is 0 Å². The summed E-state index contributed by atoms with van der Waals surface area (Å²) in [6.07, 6.45) is 3.13. The number of aldehydes is 1. The molecule has 0 unspecified atom stereocenters. The van der Waals surface area contributed by atoms with Crippen LogP contribution >= 0.6 is 0 Å². The molecule has 0 fully saturated rings. The van der Waals surface area contributed by atoms with Crippen molar-refractivity contribution in [1.29, 1.82) is 0 Å². The molecule has 142 valence electrons. The maximum atomic E-state index is 11.1. The molecule has 5 rings (SSSR count). The zero-order valence-electron chi connectivity index (χ0n) is 16.5. The van der Waals surface area contributed by atoms with Crippen LogP contribution in [0.4, 0.5) is 0 Å². The van der Waals surface area contributed by atoms with E-state index in [-0.39, 0.29) is 0 Å². The predicted molar refractivity (Wildman–Crippen MR) is 127 cm³/mol. The molecule has 0 N–H and O–H groups in total. The first kappa shape index (κ1) is 18.1. The highest BCUT2D eigenvalue weighted by Gasteiger charge is 2.07. The largest absolute Gasteiger partial charge is 0.298 e. The van der Waals surface area contributed by atoms with E-state index in [9.17, 15) is 4.79 Å². The Balaban J connectivity index is 1.67. The fourth-order valence-electron chi connectivity index (χ4n) is 3.92. The van der Waals surface area contributed by atoms with Crippen LogP contribution in [0, 0.1) is 0 Å². The van der Waals surface area contributed by atoms with Crippen molar-refractivity contribution < 1.29 is 4.79 Å². The monoisotopic (exact) mass is 384 g/mol. The van der Waals surface area contributed by atoms with Gasteiger partial charge in [-0.3, -0.25) is 4.79 Å². The van der Waals surface area contributed by atoms with Crippen LogP contribution < -0.4 is 0 Å². The van der Waals surface area contributed by atoms with Gasteiger partial charge in [0.05, 0.1) is 0 Å². The van der Waals surface area contributed by atoms with Crippen LogP contribution in [0.1, 0.15) is 27.0 Å². The van der Waals surface area contributed by atoms with E-state index in [1.807, 2.05) is 24.3 Å². The van der Waals surface area contributed by atoms with E-state index >= 15 is 0 Å². The molecule has 0 saturated carbocycles. The molecule has 1 nitrogen and oxygen atoms in total. The van der Waals surface area contributed by atoms with E-state index in [0.29, 0.717) is 5.56 Å². The lowest BCUT2D eigenvalue weighted by Crippen LogP contribution is -1.89. The number of benzene rings is 5. The van der Waals surface area contributed by atoms with Crippen LogP contribution in [-0.2, 0) is 0 Å². The second-order valence-corrected chi connectivity index (χ2v) is 7.47. The van der Waals surface area contributed by atoms with Gasteiger partial charge in [0, 0.05) is 5.56 Å². The van der Waals surface area contributed by atoms with Gasteiger partial charge in [-0.2, -0.15) is 0 Å². The number of fused-ring (bicyclic) bond motifs is 2. The van der Waals surface area contributed by atoms with Crippen LogP contribution in [0.2, 0.25) is 0 Å². The number of hydrogen-bond acceptors (Lipinski definition) is 1. The SMILES string of the molecule is O=Cc1ccc2cc(C=C(c3ccccc3)c3ccc4ccccc4c3)ccc2c1. The Hall–Kier alpha value is -3.97. The molecule has 0 radical (unpaired) electrons. The van der Waals surface area contributed by atoms with E-state index in [4.69, 9.17) is 0 Å². The molecule has 0 aliphatic rings. The zero-order valence-corrected chi connectivity index (χ0v) is 16.5. The van der Waals surface area contributed by atoms with Gasteiger partial charge in [0.2, 0.25) is 0 Å². The molecule has 0 spiro atoms. The molecule has 0 saturated heterocycles. The number of rotatable bonds is 4. The van der Waals surface area contributed by atoms with Crippen LogP contribution in [0.5, 0.6) is 0 Å². The number of carbonyl (C=O) groups is 1. The Bertz CT molecular complexity index is 1390. The van der Waals surface area contributed by atoms with Crippen LogP contribution in [-0.4, -0.2) is 6.29 Å². The maximum Gasteiger partial charge on any atom is 0.150 e. The van der Waals surface area contributed by atoms with Gasteiger partial charge in [-0.1, -0.05) is 91.0 Å². The van der Waals surface area contributed by atoms with Crippen molar-refractivity contribution in [3.8, 4) is 0 Å². The Labute approximate surface area is 175 Å². The molecule has 0 amide bonds. The van der Waals surface area contributed by atoms with Crippen molar-refractivity contribution in [2.45, 2.75) is 0 Å². The molecular weight excluding hydrogens is 364 g/mol. The van der Waals surface area contributed by atoms with Gasteiger partial charge in [-0.25, -0.2) is 0 Å². The summed E-state index contributed by atoms with van der Waals surface area (Å²) in [7, 11) is 0. The summed E-state index contributed by atoms with van der Waals surface area (Å²) in [6, 6.07) is 37.7. The van der Waals surface area contributed by atoms with Crippen molar-refractivity contribution in [3.05, 3.63) is 131 Å². The van der Waals surface area contributed by atoms with E-state index in [0.717, 1.165) is 22.6 Å². The Kier molecular flexibility index (Phi) is 4.71. The number of carbonyl (C=O) groups excluding carboxylic acids is 1. The minimum atomic E-state index is 0.701. The third-order valence-corrected chi connectivity index (χ3v) is 5.48. The van der Waals surface area contributed by atoms with Gasteiger partial charge in [0.15, 0.2) is 0 Å². The smallest absolute Gasteiger partial charge is 0.150 e. The summed E-state index contributed by atoms with van der Waals surface area (Å²) >= 11 is 0. The summed E-state index contributed by atoms with van der Waals surface area (Å²) in [5.74, 6) is 0. The Morgan fingerprint density at radius 2 is 1.10 bits per heavy atom. The lowest BCUT2D eigenvalue weighted by atomic mass is 9.93. The van der Waals surface area contributed by atoms with Crippen molar-refractivity contribution in [1.82, 2.24) is 0 Å². The summed E-state index contributed by atoms with van der Waals surface area (Å²) in [6.45, 7) is 0. The van der Waals surface area contributed by atoms with Gasteiger partial charge >= 0.3 is 0 Å². The maximum absolute atomic E-state index is 11.1. The second kappa shape index (κ2) is 7.81. The van der Waals surface area contributed by atoms with E-state index < -0.39 is 0 Å². The van der Waals surface area contributed by atoms with Crippen LogP contribution in [0.15, 0.2) is 109 Å². The van der Waals surface area contributed by atoms with Crippen molar-refractivity contribution in [3.63, 3.8) is 0 Å². The minimum Gasteiger partial charge on any atom is -0.298 e. The van der Waals surface area contributed by atoms with Gasteiger partial charge in [0.25, 0.3) is 0 Å².